The molecule has 1 aromatic rings. The summed E-state index contributed by atoms with van der Waals surface area (Å²) in [6, 6.07) is 4.25. The molecule has 0 saturated carbocycles. The zero-order valence-electron chi connectivity index (χ0n) is 11.6. The maximum Gasteiger partial charge on any atom is 0.255 e. The van der Waals surface area contributed by atoms with E-state index in [-0.39, 0.29) is 11.6 Å². The number of pyridine rings is 1. The SMILES string of the molecule is CCNCc1ccc(C(C)C)n(C(C)C)c1=O. The van der Waals surface area contributed by atoms with Crippen LogP contribution in [0, 0.1) is 0 Å². The first kappa shape index (κ1) is 14.0. The van der Waals surface area contributed by atoms with Crippen molar-refractivity contribution >= 4 is 0 Å². The molecule has 17 heavy (non-hydrogen) atoms. The van der Waals surface area contributed by atoms with Gasteiger partial charge in [0.1, 0.15) is 0 Å². The third-order valence-corrected chi connectivity index (χ3v) is 2.90. The first-order valence-electron chi connectivity index (χ1n) is 6.44. The van der Waals surface area contributed by atoms with Crippen LogP contribution in [0.4, 0.5) is 0 Å². The van der Waals surface area contributed by atoms with Gasteiger partial charge >= 0.3 is 0 Å². The highest BCUT2D eigenvalue weighted by molar-refractivity contribution is 5.19. The molecule has 0 aliphatic rings. The molecule has 3 nitrogen and oxygen atoms in total. The number of nitrogens with one attached hydrogen (secondary N) is 1. The molecule has 0 aliphatic carbocycles. The molecule has 96 valence electrons. The summed E-state index contributed by atoms with van der Waals surface area (Å²) in [6.45, 7) is 11.9. The number of aromatic nitrogens is 1. The van der Waals surface area contributed by atoms with Gasteiger partial charge in [-0.05, 0) is 32.4 Å². The van der Waals surface area contributed by atoms with E-state index in [1.54, 1.807) is 0 Å². The molecule has 0 fully saturated rings. The van der Waals surface area contributed by atoms with Crippen LogP contribution in [0.2, 0.25) is 0 Å². The average Bonchev–Trinajstić information content (AvgIpc) is 2.26. The molecular weight excluding hydrogens is 212 g/mol. The van der Waals surface area contributed by atoms with Crippen LogP contribution in [0.3, 0.4) is 0 Å². The average molecular weight is 236 g/mol. The van der Waals surface area contributed by atoms with Gasteiger partial charge in [-0.25, -0.2) is 0 Å². The van der Waals surface area contributed by atoms with Crippen LogP contribution >= 0.6 is 0 Å². The van der Waals surface area contributed by atoms with Gasteiger partial charge in [0, 0.05) is 23.8 Å². The van der Waals surface area contributed by atoms with E-state index in [1.165, 1.54) is 0 Å². The largest absolute Gasteiger partial charge is 0.313 e. The van der Waals surface area contributed by atoms with E-state index in [2.05, 4.69) is 39.1 Å². The highest BCUT2D eigenvalue weighted by Gasteiger charge is 2.13. The molecule has 0 atom stereocenters. The van der Waals surface area contributed by atoms with Gasteiger partial charge in [-0.15, -0.1) is 0 Å². The number of rotatable bonds is 5. The second-order valence-corrected chi connectivity index (χ2v) is 4.99. The van der Waals surface area contributed by atoms with Crippen molar-refractivity contribution in [2.24, 2.45) is 0 Å². The topological polar surface area (TPSA) is 34.0 Å². The maximum absolute atomic E-state index is 12.4. The molecule has 0 saturated heterocycles. The quantitative estimate of drug-likeness (QED) is 0.853. The lowest BCUT2D eigenvalue weighted by Gasteiger charge is -2.20. The van der Waals surface area contributed by atoms with Crippen LogP contribution in [-0.4, -0.2) is 11.1 Å². The summed E-state index contributed by atoms with van der Waals surface area (Å²) < 4.78 is 1.91. The Labute approximate surface area is 104 Å². The van der Waals surface area contributed by atoms with E-state index in [0.29, 0.717) is 12.5 Å². The second kappa shape index (κ2) is 6.01. The van der Waals surface area contributed by atoms with Crippen LogP contribution in [-0.2, 0) is 6.54 Å². The van der Waals surface area contributed by atoms with Crippen molar-refractivity contribution in [3.63, 3.8) is 0 Å². The fraction of sp³-hybridized carbons (Fsp3) is 0.643. The molecule has 3 heteroatoms. The second-order valence-electron chi connectivity index (χ2n) is 4.99. The molecule has 0 radical (unpaired) electrons. The molecule has 0 aliphatic heterocycles. The van der Waals surface area contributed by atoms with E-state index in [4.69, 9.17) is 0 Å². The fourth-order valence-corrected chi connectivity index (χ4v) is 2.01. The summed E-state index contributed by atoms with van der Waals surface area (Å²) in [4.78, 5) is 12.4. The lowest BCUT2D eigenvalue weighted by Crippen LogP contribution is -2.30. The van der Waals surface area contributed by atoms with Gasteiger partial charge in [0.2, 0.25) is 0 Å². The van der Waals surface area contributed by atoms with Crippen molar-refractivity contribution in [2.45, 2.75) is 53.1 Å². The van der Waals surface area contributed by atoms with Crippen LogP contribution in [0.5, 0.6) is 0 Å². The van der Waals surface area contributed by atoms with Gasteiger partial charge < -0.3 is 9.88 Å². The zero-order valence-corrected chi connectivity index (χ0v) is 11.6. The van der Waals surface area contributed by atoms with Crippen LogP contribution in [0.1, 0.15) is 57.8 Å². The zero-order chi connectivity index (χ0) is 13.0. The lowest BCUT2D eigenvalue weighted by molar-refractivity contribution is 0.527. The predicted molar refractivity (Wildman–Crippen MR) is 72.6 cm³/mol. The Bertz CT molecular complexity index is 419. The molecule has 1 rings (SSSR count). The van der Waals surface area contributed by atoms with E-state index >= 15 is 0 Å². The summed E-state index contributed by atoms with van der Waals surface area (Å²) in [6.07, 6.45) is 0. The van der Waals surface area contributed by atoms with E-state index in [0.717, 1.165) is 17.8 Å². The minimum Gasteiger partial charge on any atom is -0.313 e. The molecule has 1 heterocycles. The van der Waals surface area contributed by atoms with Crippen molar-refractivity contribution in [3.05, 3.63) is 33.7 Å². The van der Waals surface area contributed by atoms with Gasteiger partial charge in [-0.3, -0.25) is 4.79 Å². The number of hydrogen-bond acceptors (Lipinski definition) is 2. The molecule has 0 amide bonds. The van der Waals surface area contributed by atoms with Gasteiger partial charge in [-0.1, -0.05) is 26.8 Å². The standard InChI is InChI=1S/C14H24N2O/c1-6-15-9-12-7-8-13(10(2)3)16(11(4)5)14(12)17/h7-8,10-11,15H,6,9H2,1-5H3. The van der Waals surface area contributed by atoms with Crippen molar-refractivity contribution in [2.75, 3.05) is 6.54 Å². The third kappa shape index (κ3) is 3.19. The van der Waals surface area contributed by atoms with Crippen molar-refractivity contribution in [1.82, 2.24) is 9.88 Å². The summed E-state index contributed by atoms with van der Waals surface area (Å²) in [5, 5.41) is 3.21. The number of nitrogens with zero attached hydrogens (tertiary/aromatic N) is 1. The molecule has 0 unspecified atom stereocenters. The summed E-state index contributed by atoms with van der Waals surface area (Å²) in [5.74, 6) is 0.373. The molecule has 0 aromatic carbocycles. The lowest BCUT2D eigenvalue weighted by atomic mass is 10.1. The molecule has 1 N–H and O–H groups in total. The highest BCUT2D eigenvalue weighted by atomic mass is 16.1. The van der Waals surface area contributed by atoms with E-state index < -0.39 is 0 Å². The Hall–Kier alpha value is -1.09. The summed E-state index contributed by atoms with van der Waals surface area (Å²) in [7, 11) is 0. The molecule has 1 aromatic heterocycles. The normalized spacial score (nSPS) is 11.5. The maximum atomic E-state index is 12.4. The van der Waals surface area contributed by atoms with Crippen molar-refractivity contribution < 1.29 is 0 Å². The third-order valence-electron chi connectivity index (χ3n) is 2.90. The first-order valence-corrected chi connectivity index (χ1v) is 6.44. The van der Waals surface area contributed by atoms with Crippen LogP contribution < -0.4 is 10.9 Å². The van der Waals surface area contributed by atoms with Crippen LogP contribution in [0.25, 0.3) is 0 Å². The molecule has 0 spiro atoms. The molecule has 0 bridgehead atoms. The van der Waals surface area contributed by atoms with Gasteiger partial charge in [0.15, 0.2) is 0 Å². The Morgan fingerprint density at radius 3 is 2.35 bits per heavy atom. The Balaban J connectivity index is 3.24. The minimum absolute atomic E-state index is 0.146. The van der Waals surface area contributed by atoms with Crippen LogP contribution in [0.15, 0.2) is 16.9 Å². The first-order chi connectivity index (χ1) is 7.99. The Kier molecular flexibility index (Phi) is 4.94. The number of hydrogen-bond donors (Lipinski definition) is 1. The highest BCUT2D eigenvalue weighted by Crippen LogP contribution is 2.16. The van der Waals surface area contributed by atoms with E-state index in [9.17, 15) is 4.79 Å². The summed E-state index contributed by atoms with van der Waals surface area (Å²) in [5.41, 5.74) is 2.11. The fourth-order valence-electron chi connectivity index (χ4n) is 2.01. The van der Waals surface area contributed by atoms with E-state index in [1.807, 2.05) is 17.6 Å². The Morgan fingerprint density at radius 2 is 1.88 bits per heavy atom. The van der Waals surface area contributed by atoms with Crippen molar-refractivity contribution in [3.8, 4) is 0 Å². The van der Waals surface area contributed by atoms with Gasteiger partial charge in [0.05, 0.1) is 0 Å². The van der Waals surface area contributed by atoms with Gasteiger partial charge in [0.25, 0.3) is 5.56 Å². The minimum atomic E-state index is 0.146. The predicted octanol–water partition coefficient (Wildman–Crippen LogP) is 2.66. The molecular formula is C14H24N2O. The monoisotopic (exact) mass is 236 g/mol. The summed E-state index contributed by atoms with van der Waals surface area (Å²) >= 11 is 0. The smallest absolute Gasteiger partial charge is 0.255 e. The van der Waals surface area contributed by atoms with Crippen molar-refractivity contribution in [1.29, 1.82) is 0 Å². The van der Waals surface area contributed by atoms with Gasteiger partial charge in [-0.2, -0.15) is 0 Å². The Morgan fingerprint density at radius 1 is 1.24 bits per heavy atom.